The summed E-state index contributed by atoms with van der Waals surface area (Å²) < 4.78 is 39.3. The van der Waals surface area contributed by atoms with Gasteiger partial charge in [0.05, 0.1) is 5.56 Å². The predicted octanol–water partition coefficient (Wildman–Crippen LogP) is 1.02. The van der Waals surface area contributed by atoms with Crippen molar-refractivity contribution in [2.75, 3.05) is 5.73 Å². The molecule has 0 fully saturated rings. The number of ether oxygens (including phenoxy) is 1. The number of nitrogen functional groups attached to an aromatic ring is 1. The van der Waals surface area contributed by atoms with Gasteiger partial charge in [-0.15, -0.1) is 13.2 Å². The van der Waals surface area contributed by atoms with E-state index >= 15 is 0 Å². The minimum atomic E-state index is -4.75. The number of nitrogens with two attached hydrogens (primary N) is 2. The van der Waals surface area contributed by atoms with Crippen molar-refractivity contribution in [2.24, 2.45) is 5.73 Å². The molecule has 0 aliphatic heterocycles. The minimum Gasteiger partial charge on any atom is -0.405 e. The van der Waals surface area contributed by atoms with Gasteiger partial charge in [0.1, 0.15) is 11.6 Å². The third kappa shape index (κ3) is 2.49. The van der Waals surface area contributed by atoms with E-state index in [-0.39, 0.29) is 17.9 Å². The second-order valence-corrected chi connectivity index (χ2v) is 2.42. The average molecular weight is 207 g/mol. The first-order valence-electron chi connectivity index (χ1n) is 3.63. The van der Waals surface area contributed by atoms with Gasteiger partial charge in [0.25, 0.3) is 0 Å². The Balaban J connectivity index is 3.02. The van der Waals surface area contributed by atoms with Crippen LogP contribution in [0.1, 0.15) is 5.56 Å². The van der Waals surface area contributed by atoms with E-state index in [1.54, 1.807) is 0 Å². The molecule has 1 rings (SSSR count). The van der Waals surface area contributed by atoms with Crippen LogP contribution in [0.25, 0.3) is 0 Å². The number of pyridine rings is 1. The second kappa shape index (κ2) is 3.70. The molecule has 0 amide bonds. The number of alkyl halides is 3. The van der Waals surface area contributed by atoms with Crippen LogP contribution in [0.2, 0.25) is 0 Å². The van der Waals surface area contributed by atoms with Gasteiger partial charge in [-0.1, -0.05) is 0 Å². The van der Waals surface area contributed by atoms with Gasteiger partial charge >= 0.3 is 6.36 Å². The molecule has 0 radical (unpaired) electrons. The van der Waals surface area contributed by atoms with Crippen LogP contribution in [0, 0.1) is 0 Å². The molecule has 1 aromatic rings. The number of aromatic nitrogens is 1. The average Bonchev–Trinajstić information content (AvgIpc) is 2.01. The van der Waals surface area contributed by atoms with Crippen LogP contribution in [0.5, 0.6) is 5.75 Å². The number of hydrogen-bond acceptors (Lipinski definition) is 4. The molecule has 78 valence electrons. The highest BCUT2D eigenvalue weighted by molar-refractivity contribution is 5.48. The van der Waals surface area contributed by atoms with Gasteiger partial charge < -0.3 is 16.2 Å². The fourth-order valence-electron chi connectivity index (χ4n) is 0.915. The van der Waals surface area contributed by atoms with Gasteiger partial charge in [-0.25, -0.2) is 4.98 Å². The Morgan fingerprint density at radius 2 is 2.07 bits per heavy atom. The molecular weight excluding hydrogens is 199 g/mol. The standard InChI is InChI=1S/C7H8F3N3O/c8-7(9,10)14-5-1-2-13-6(12)4(5)3-11/h1-2H,3,11H2,(H2,12,13). The van der Waals surface area contributed by atoms with Gasteiger partial charge in [-0.2, -0.15) is 0 Å². The molecule has 0 unspecified atom stereocenters. The van der Waals surface area contributed by atoms with Crippen molar-refractivity contribution < 1.29 is 17.9 Å². The third-order valence-electron chi connectivity index (χ3n) is 1.48. The van der Waals surface area contributed by atoms with Gasteiger partial charge in [0, 0.05) is 12.7 Å². The molecule has 0 spiro atoms. The van der Waals surface area contributed by atoms with Crippen molar-refractivity contribution in [2.45, 2.75) is 12.9 Å². The molecule has 1 aromatic heterocycles. The molecule has 14 heavy (non-hydrogen) atoms. The zero-order valence-corrected chi connectivity index (χ0v) is 7.01. The number of nitrogens with zero attached hydrogens (tertiary/aromatic N) is 1. The summed E-state index contributed by atoms with van der Waals surface area (Å²) in [7, 11) is 0. The number of anilines is 1. The lowest BCUT2D eigenvalue weighted by Gasteiger charge is -2.12. The first-order valence-corrected chi connectivity index (χ1v) is 3.63. The molecule has 4 nitrogen and oxygen atoms in total. The number of hydrogen-bond donors (Lipinski definition) is 2. The van der Waals surface area contributed by atoms with Crippen LogP contribution in [-0.2, 0) is 6.54 Å². The van der Waals surface area contributed by atoms with Crippen molar-refractivity contribution in [3.63, 3.8) is 0 Å². The van der Waals surface area contributed by atoms with E-state index in [4.69, 9.17) is 11.5 Å². The minimum absolute atomic E-state index is 0.0461. The maximum absolute atomic E-state index is 11.9. The predicted molar refractivity (Wildman–Crippen MR) is 43.2 cm³/mol. The largest absolute Gasteiger partial charge is 0.573 e. The van der Waals surface area contributed by atoms with Crippen LogP contribution in [0.3, 0.4) is 0 Å². The molecule has 0 bridgehead atoms. The molecule has 0 aromatic carbocycles. The number of rotatable bonds is 2. The quantitative estimate of drug-likeness (QED) is 0.759. The van der Waals surface area contributed by atoms with E-state index in [1.807, 2.05) is 0 Å². The smallest absolute Gasteiger partial charge is 0.405 e. The molecule has 0 atom stereocenters. The maximum atomic E-state index is 11.9. The summed E-state index contributed by atoms with van der Waals surface area (Å²) in [6.07, 6.45) is -3.63. The van der Waals surface area contributed by atoms with Gasteiger partial charge in [-0.3, -0.25) is 0 Å². The summed E-state index contributed by atoms with van der Waals surface area (Å²) in [6.45, 7) is -0.162. The molecule has 0 aliphatic rings. The Morgan fingerprint density at radius 3 is 2.57 bits per heavy atom. The highest BCUT2D eigenvalue weighted by atomic mass is 19.4. The fourth-order valence-corrected chi connectivity index (χ4v) is 0.915. The van der Waals surface area contributed by atoms with Crippen LogP contribution in [0.15, 0.2) is 12.3 Å². The Kier molecular flexibility index (Phi) is 2.80. The Bertz CT molecular complexity index is 326. The van der Waals surface area contributed by atoms with E-state index in [0.29, 0.717) is 0 Å². The SMILES string of the molecule is NCc1c(OC(F)(F)F)ccnc1N. The first-order chi connectivity index (χ1) is 6.44. The second-order valence-electron chi connectivity index (χ2n) is 2.42. The van der Waals surface area contributed by atoms with Crippen molar-refractivity contribution in [1.29, 1.82) is 0 Å². The fraction of sp³-hybridized carbons (Fsp3) is 0.286. The summed E-state index contributed by atoms with van der Waals surface area (Å²) in [5.74, 6) is -0.471. The number of halogens is 3. The summed E-state index contributed by atoms with van der Waals surface area (Å²) in [4.78, 5) is 3.59. The van der Waals surface area contributed by atoms with Crippen molar-refractivity contribution >= 4 is 5.82 Å². The Morgan fingerprint density at radius 1 is 1.43 bits per heavy atom. The van der Waals surface area contributed by atoms with Crippen LogP contribution in [-0.4, -0.2) is 11.3 Å². The molecule has 0 aliphatic carbocycles. The first kappa shape index (κ1) is 10.6. The topological polar surface area (TPSA) is 74.2 Å². The van der Waals surface area contributed by atoms with Crippen molar-refractivity contribution in [3.8, 4) is 5.75 Å². The molecule has 7 heteroatoms. The van der Waals surface area contributed by atoms with E-state index < -0.39 is 12.1 Å². The molecule has 1 heterocycles. The lowest BCUT2D eigenvalue weighted by atomic mass is 10.2. The molecule has 0 saturated carbocycles. The van der Waals surface area contributed by atoms with Crippen molar-refractivity contribution in [3.05, 3.63) is 17.8 Å². The summed E-state index contributed by atoms with van der Waals surface area (Å²) in [5.41, 5.74) is 10.6. The van der Waals surface area contributed by atoms with Gasteiger partial charge in [-0.05, 0) is 6.07 Å². The third-order valence-corrected chi connectivity index (χ3v) is 1.48. The van der Waals surface area contributed by atoms with E-state index in [9.17, 15) is 13.2 Å². The van der Waals surface area contributed by atoms with E-state index in [0.717, 1.165) is 12.3 Å². The summed E-state index contributed by atoms with van der Waals surface area (Å²) >= 11 is 0. The van der Waals surface area contributed by atoms with Crippen molar-refractivity contribution in [1.82, 2.24) is 4.98 Å². The highest BCUT2D eigenvalue weighted by Gasteiger charge is 2.32. The Labute approximate surface area is 77.7 Å². The van der Waals surface area contributed by atoms with Crippen LogP contribution in [0.4, 0.5) is 19.0 Å². The van der Waals surface area contributed by atoms with E-state index in [2.05, 4.69) is 9.72 Å². The molecular formula is C7H8F3N3O. The summed E-state index contributed by atoms with van der Waals surface area (Å²) in [6, 6.07) is 1.06. The Hall–Kier alpha value is -1.50. The van der Waals surface area contributed by atoms with Crippen LogP contribution >= 0.6 is 0 Å². The van der Waals surface area contributed by atoms with Crippen LogP contribution < -0.4 is 16.2 Å². The zero-order valence-electron chi connectivity index (χ0n) is 7.01. The van der Waals surface area contributed by atoms with Gasteiger partial charge in [0.2, 0.25) is 0 Å². The normalized spacial score (nSPS) is 11.4. The lowest BCUT2D eigenvalue weighted by Crippen LogP contribution is -2.19. The summed E-state index contributed by atoms with van der Waals surface area (Å²) in [5, 5.41) is 0. The van der Waals surface area contributed by atoms with E-state index in [1.165, 1.54) is 0 Å². The zero-order chi connectivity index (χ0) is 10.8. The monoisotopic (exact) mass is 207 g/mol. The molecule has 4 N–H and O–H groups in total. The maximum Gasteiger partial charge on any atom is 0.573 e. The molecule has 0 saturated heterocycles. The highest BCUT2D eigenvalue weighted by Crippen LogP contribution is 2.27. The lowest BCUT2D eigenvalue weighted by molar-refractivity contribution is -0.274. The van der Waals surface area contributed by atoms with Gasteiger partial charge in [0.15, 0.2) is 0 Å².